The molecule has 0 atom stereocenters. The Morgan fingerprint density at radius 1 is 0.477 bits per heavy atom. The van der Waals surface area contributed by atoms with E-state index >= 15 is 0 Å². The maximum atomic E-state index is 5.97. The van der Waals surface area contributed by atoms with E-state index in [1.165, 1.54) is 32.3 Å². The maximum absolute atomic E-state index is 5.97. The van der Waals surface area contributed by atoms with Crippen LogP contribution in [-0.2, 0) is 9.47 Å². The van der Waals surface area contributed by atoms with Crippen molar-refractivity contribution in [3.63, 3.8) is 0 Å². The predicted octanol–water partition coefficient (Wildman–Crippen LogP) is 8.38. The average molecular weight is 577 g/mol. The Morgan fingerprint density at radius 3 is 1.25 bits per heavy atom. The van der Waals surface area contributed by atoms with Crippen molar-refractivity contribution in [2.45, 2.75) is 38.9 Å². The summed E-state index contributed by atoms with van der Waals surface area (Å²) < 4.78 is 11.9. The van der Waals surface area contributed by atoms with Crippen LogP contribution in [-0.4, -0.2) is 46.1 Å². The minimum absolute atomic E-state index is 0.280. The van der Waals surface area contributed by atoms with Gasteiger partial charge >= 0.3 is 0 Å². The Kier molecular flexibility index (Phi) is 5.85. The number of hydrogen-bond acceptors (Lipinski definition) is 6. The molecule has 2 aliphatic heterocycles. The van der Waals surface area contributed by atoms with Crippen molar-refractivity contribution in [2.75, 3.05) is 13.1 Å². The zero-order valence-electron chi connectivity index (χ0n) is 25.3. The van der Waals surface area contributed by atoms with Gasteiger partial charge in [-0.25, -0.2) is 9.98 Å². The van der Waals surface area contributed by atoms with Gasteiger partial charge in [0.15, 0.2) is 0 Å². The zero-order valence-corrected chi connectivity index (χ0v) is 25.3. The number of rotatable bonds is 4. The molecule has 0 aliphatic carbocycles. The Morgan fingerprint density at radius 2 is 0.886 bits per heavy atom. The van der Waals surface area contributed by atoms with Crippen molar-refractivity contribution in [1.29, 1.82) is 0 Å². The summed E-state index contributed by atoms with van der Waals surface area (Å²) in [6, 6.07) is 30.3. The highest BCUT2D eigenvalue weighted by molar-refractivity contribution is 6.26. The highest BCUT2D eigenvalue weighted by Crippen LogP contribution is 2.39. The van der Waals surface area contributed by atoms with Gasteiger partial charge in [0.1, 0.15) is 22.6 Å². The van der Waals surface area contributed by atoms with E-state index in [1.54, 1.807) is 0 Å². The molecule has 0 bridgehead atoms. The Bertz CT molecular complexity index is 1990. The molecule has 2 aromatic heterocycles. The molecule has 0 saturated carbocycles. The third kappa shape index (κ3) is 4.58. The summed E-state index contributed by atoms with van der Waals surface area (Å²) >= 11 is 0. The summed E-state index contributed by atoms with van der Waals surface area (Å²) in [7, 11) is 0. The number of hydrogen-bond donors (Lipinski definition) is 0. The van der Waals surface area contributed by atoms with Crippen LogP contribution in [0.1, 0.15) is 39.1 Å². The second-order valence-corrected chi connectivity index (χ2v) is 12.9. The van der Waals surface area contributed by atoms with Gasteiger partial charge in [0.05, 0.1) is 13.1 Å². The molecule has 2 aliphatic rings. The van der Waals surface area contributed by atoms with Crippen molar-refractivity contribution in [3.8, 4) is 22.3 Å². The quantitative estimate of drug-likeness (QED) is 0.198. The van der Waals surface area contributed by atoms with Gasteiger partial charge in [0.25, 0.3) is 0 Å². The monoisotopic (exact) mass is 576 g/mol. The van der Waals surface area contributed by atoms with Gasteiger partial charge in [-0.1, -0.05) is 60.7 Å². The standard InChI is InChI=1S/C38H32N4O2/c1-37(2)21-41-35(43-37)33-15-11-25(19-39-33)23-9-13-29-30-14-10-24(18-32(30)28-8-6-5-7-27(28)31(29)17-23)26-12-16-34(40-20-26)36-42-22-38(3,4)44-36/h5-20H,21-22H2,1-4H3. The lowest BCUT2D eigenvalue weighted by Gasteiger charge is -2.17. The van der Waals surface area contributed by atoms with E-state index in [9.17, 15) is 0 Å². The number of aliphatic imine (C=N–C) groups is 2. The molecule has 0 saturated heterocycles. The van der Waals surface area contributed by atoms with Gasteiger partial charge in [0, 0.05) is 23.5 Å². The largest absolute Gasteiger partial charge is 0.468 e. The first-order chi connectivity index (χ1) is 21.2. The normalized spacial score (nSPS) is 17.0. The van der Waals surface area contributed by atoms with E-state index in [-0.39, 0.29) is 11.2 Å². The fourth-order valence-corrected chi connectivity index (χ4v) is 6.14. The molecule has 0 N–H and O–H groups in total. The molecule has 0 unspecified atom stereocenters. The summed E-state index contributed by atoms with van der Waals surface area (Å²) in [5.41, 5.74) is 5.33. The van der Waals surface area contributed by atoms with Gasteiger partial charge in [-0.3, -0.25) is 9.97 Å². The van der Waals surface area contributed by atoms with Gasteiger partial charge < -0.3 is 9.47 Å². The molecule has 4 heterocycles. The van der Waals surface area contributed by atoms with Crippen LogP contribution in [0.25, 0.3) is 54.6 Å². The van der Waals surface area contributed by atoms with Crippen molar-refractivity contribution >= 4 is 44.1 Å². The summed E-state index contributed by atoms with van der Waals surface area (Å²) in [5.74, 6) is 1.23. The third-order valence-electron chi connectivity index (χ3n) is 8.42. The highest BCUT2D eigenvalue weighted by Gasteiger charge is 2.30. The molecule has 6 nitrogen and oxygen atoms in total. The Balaban J connectivity index is 1.17. The lowest BCUT2D eigenvalue weighted by molar-refractivity contribution is 0.130. The van der Waals surface area contributed by atoms with Crippen LogP contribution in [0.4, 0.5) is 0 Å². The summed E-state index contributed by atoms with van der Waals surface area (Å²) in [4.78, 5) is 18.5. The number of ether oxygens (including phenoxy) is 2. The van der Waals surface area contributed by atoms with Crippen LogP contribution in [0.3, 0.4) is 0 Å². The molecule has 0 fully saturated rings. The summed E-state index contributed by atoms with van der Waals surface area (Å²) in [5, 5.41) is 7.34. The van der Waals surface area contributed by atoms with Gasteiger partial charge in [0.2, 0.25) is 11.8 Å². The molecule has 44 heavy (non-hydrogen) atoms. The van der Waals surface area contributed by atoms with E-state index in [4.69, 9.17) is 19.4 Å². The Labute approximate surface area is 256 Å². The number of nitrogens with zero attached hydrogens (tertiary/aromatic N) is 4. The van der Waals surface area contributed by atoms with Gasteiger partial charge in [-0.2, -0.15) is 0 Å². The smallest absolute Gasteiger partial charge is 0.236 e. The SMILES string of the molecule is CC1(C)CN=C(c2ccc(-c3ccc4c5ccc(-c6ccc(C7=NCC(C)(C)O7)nc6)cc5c5ccccc5c4c3)cn2)O1. The zero-order chi connectivity index (χ0) is 30.1. The van der Waals surface area contributed by atoms with Crippen molar-refractivity contribution in [3.05, 3.63) is 109 Å². The average Bonchev–Trinajstić information content (AvgIpc) is 3.61. The number of pyridine rings is 2. The molecule has 8 rings (SSSR count). The molecule has 4 aromatic carbocycles. The Hall–Kier alpha value is -5.10. The second-order valence-electron chi connectivity index (χ2n) is 12.9. The van der Waals surface area contributed by atoms with Crippen LogP contribution >= 0.6 is 0 Å². The van der Waals surface area contributed by atoms with E-state index in [2.05, 4.69) is 82.8 Å². The molecular weight excluding hydrogens is 544 g/mol. The molecule has 6 aromatic rings. The van der Waals surface area contributed by atoms with Gasteiger partial charge in [-0.15, -0.1) is 0 Å². The lowest BCUT2D eigenvalue weighted by Crippen LogP contribution is -2.24. The van der Waals surface area contributed by atoms with Crippen LogP contribution in [0.5, 0.6) is 0 Å². The number of fused-ring (bicyclic) bond motifs is 6. The van der Waals surface area contributed by atoms with E-state index in [0.29, 0.717) is 24.9 Å². The molecule has 0 spiro atoms. The first kappa shape index (κ1) is 26.5. The second kappa shape index (κ2) is 9.71. The number of benzene rings is 4. The minimum atomic E-state index is -0.280. The maximum Gasteiger partial charge on any atom is 0.236 e. The topological polar surface area (TPSA) is 69.0 Å². The van der Waals surface area contributed by atoms with Crippen molar-refractivity contribution < 1.29 is 9.47 Å². The minimum Gasteiger partial charge on any atom is -0.468 e. The summed E-state index contributed by atoms with van der Waals surface area (Å²) in [6.07, 6.45) is 3.82. The molecule has 0 radical (unpaired) electrons. The predicted molar refractivity (Wildman–Crippen MR) is 179 cm³/mol. The third-order valence-corrected chi connectivity index (χ3v) is 8.42. The lowest BCUT2D eigenvalue weighted by atomic mass is 9.90. The molecule has 216 valence electrons. The van der Waals surface area contributed by atoms with Crippen LogP contribution in [0.15, 0.2) is 107 Å². The first-order valence-corrected chi connectivity index (χ1v) is 15.0. The first-order valence-electron chi connectivity index (χ1n) is 15.0. The highest BCUT2D eigenvalue weighted by atomic mass is 16.5. The fourth-order valence-electron chi connectivity index (χ4n) is 6.14. The molecular formula is C38H32N4O2. The van der Waals surface area contributed by atoms with Crippen LogP contribution < -0.4 is 0 Å². The van der Waals surface area contributed by atoms with E-state index in [1.807, 2.05) is 52.2 Å². The molecule has 6 heteroatoms. The number of aromatic nitrogens is 2. The van der Waals surface area contributed by atoms with Gasteiger partial charge in [-0.05, 0) is 95.4 Å². The van der Waals surface area contributed by atoms with Crippen LogP contribution in [0, 0.1) is 0 Å². The van der Waals surface area contributed by atoms with E-state index < -0.39 is 0 Å². The van der Waals surface area contributed by atoms with Crippen LogP contribution in [0.2, 0.25) is 0 Å². The van der Waals surface area contributed by atoms with Crippen molar-refractivity contribution in [2.24, 2.45) is 9.98 Å². The fraction of sp³-hybridized carbons (Fsp3) is 0.211. The van der Waals surface area contributed by atoms with Crippen molar-refractivity contribution in [1.82, 2.24) is 9.97 Å². The molecule has 0 amide bonds. The summed E-state index contributed by atoms with van der Waals surface area (Å²) in [6.45, 7) is 9.45. The van der Waals surface area contributed by atoms with E-state index in [0.717, 1.165) is 33.6 Å².